The van der Waals surface area contributed by atoms with Gasteiger partial charge in [0.05, 0.1) is 0 Å². The summed E-state index contributed by atoms with van der Waals surface area (Å²) in [7, 11) is 0. The van der Waals surface area contributed by atoms with Gasteiger partial charge in [-0.25, -0.2) is 9.59 Å². The van der Waals surface area contributed by atoms with Gasteiger partial charge in [0.15, 0.2) is 0 Å². The summed E-state index contributed by atoms with van der Waals surface area (Å²) in [5.41, 5.74) is 0.337. The molecule has 1 unspecified atom stereocenters. The summed E-state index contributed by atoms with van der Waals surface area (Å²) >= 11 is 0. The van der Waals surface area contributed by atoms with Crippen LogP contribution in [0.2, 0.25) is 0 Å². The van der Waals surface area contributed by atoms with Crippen LogP contribution in [-0.4, -0.2) is 23.0 Å². The summed E-state index contributed by atoms with van der Waals surface area (Å²) in [6.45, 7) is 0. The lowest BCUT2D eigenvalue weighted by Gasteiger charge is -2.12. The molecular formula is C9H6O4. The van der Waals surface area contributed by atoms with Gasteiger partial charge in [0.1, 0.15) is 17.8 Å². The molecule has 0 spiro atoms. The van der Waals surface area contributed by atoms with E-state index in [2.05, 4.69) is 0 Å². The van der Waals surface area contributed by atoms with E-state index in [-0.39, 0.29) is 17.6 Å². The number of allylic oxidation sites excluding steroid dienone is 2. The average Bonchev–Trinajstić information content (AvgIpc) is 2.16. The fraction of sp³-hybridized carbons (Fsp3) is 0.222. The molecule has 0 aromatic carbocycles. The molecule has 1 aliphatic carbocycles. The van der Waals surface area contributed by atoms with Crippen LogP contribution in [0.1, 0.15) is 6.42 Å². The maximum atomic E-state index is 10.6. The van der Waals surface area contributed by atoms with Gasteiger partial charge in [0.25, 0.3) is 0 Å². The van der Waals surface area contributed by atoms with Gasteiger partial charge in [-0.15, -0.1) is 0 Å². The molecule has 0 aliphatic heterocycles. The summed E-state index contributed by atoms with van der Waals surface area (Å²) in [5.74, 6) is 1.09. The molecule has 13 heavy (non-hydrogen) atoms. The predicted molar refractivity (Wildman–Crippen MR) is 43.3 cm³/mol. The molecule has 66 valence electrons. The Bertz CT molecular complexity index is 365. The number of hydrogen-bond donors (Lipinski definition) is 1. The third-order valence-electron chi connectivity index (χ3n) is 1.77. The zero-order chi connectivity index (χ0) is 9.84. The van der Waals surface area contributed by atoms with E-state index in [1.165, 1.54) is 18.1 Å². The fourth-order valence-corrected chi connectivity index (χ4v) is 1.10. The Hall–Kier alpha value is -1.89. The lowest BCUT2D eigenvalue weighted by Crippen LogP contribution is -2.17. The largest absolute Gasteiger partial charge is 0.481 e. The number of hydrogen-bond acceptors (Lipinski definition) is 3. The van der Waals surface area contributed by atoms with Crippen LogP contribution in [0.15, 0.2) is 23.3 Å². The van der Waals surface area contributed by atoms with E-state index >= 15 is 0 Å². The van der Waals surface area contributed by atoms with Crippen LogP contribution in [0.4, 0.5) is 0 Å². The van der Waals surface area contributed by atoms with E-state index in [9.17, 15) is 14.4 Å². The molecule has 1 aliphatic rings. The van der Waals surface area contributed by atoms with E-state index in [0.29, 0.717) is 0 Å². The van der Waals surface area contributed by atoms with Gasteiger partial charge < -0.3 is 5.11 Å². The Balaban J connectivity index is 3.10. The van der Waals surface area contributed by atoms with Gasteiger partial charge in [-0.3, -0.25) is 4.79 Å². The monoisotopic (exact) mass is 178 g/mol. The Kier molecular flexibility index (Phi) is 2.60. The molecular weight excluding hydrogens is 172 g/mol. The summed E-state index contributed by atoms with van der Waals surface area (Å²) < 4.78 is 0. The molecule has 0 aromatic rings. The number of rotatable bonds is 1. The van der Waals surface area contributed by atoms with E-state index in [0.717, 1.165) is 0 Å². The van der Waals surface area contributed by atoms with Crippen molar-refractivity contribution in [2.24, 2.45) is 5.92 Å². The summed E-state index contributed by atoms with van der Waals surface area (Å²) in [4.78, 5) is 31.1. The van der Waals surface area contributed by atoms with E-state index in [1.807, 2.05) is 0 Å². The second-order valence-corrected chi connectivity index (χ2v) is 2.61. The number of carbonyl (C=O) groups excluding carboxylic acids is 2. The zero-order valence-corrected chi connectivity index (χ0v) is 6.61. The van der Waals surface area contributed by atoms with Crippen molar-refractivity contribution in [3.8, 4) is 0 Å². The van der Waals surface area contributed by atoms with Crippen molar-refractivity contribution in [1.82, 2.24) is 0 Å². The highest BCUT2D eigenvalue weighted by Gasteiger charge is 2.24. The first-order chi connectivity index (χ1) is 6.19. The van der Waals surface area contributed by atoms with Crippen LogP contribution in [0.25, 0.3) is 0 Å². The van der Waals surface area contributed by atoms with Crippen LogP contribution in [0.3, 0.4) is 0 Å². The van der Waals surface area contributed by atoms with Crippen molar-refractivity contribution in [2.75, 3.05) is 0 Å². The summed E-state index contributed by atoms with van der Waals surface area (Å²) in [6.07, 6.45) is 2.68. The van der Waals surface area contributed by atoms with Gasteiger partial charge in [0.2, 0.25) is 0 Å². The van der Waals surface area contributed by atoms with Crippen LogP contribution >= 0.6 is 0 Å². The number of carbonyl (C=O) groups is 1. The van der Waals surface area contributed by atoms with Gasteiger partial charge in [0, 0.05) is 17.6 Å². The first-order valence-corrected chi connectivity index (χ1v) is 3.58. The molecule has 0 aromatic heterocycles. The lowest BCUT2D eigenvalue weighted by atomic mass is 9.89. The highest BCUT2D eigenvalue weighted by Crippen LogP contribution is 2.23. The standard InChI is InChI=1S/C9H6O4/c10-4-6-1-2-8(9(12)13)7(3-6)5-11/h1-2,8H,3H2,(H,12,13). The van der Waals surface area contributed by atoms with E-state index in [1.54, 1.807) is 5.94 Å². The van der Waals surface area contributed by atoms with E-state index in [4.69, 9.17) is 5.11 Å². The molecule has 0 heterocycles. The first kappa shape index (κ1) is 9.20. The minimum Gasteiger partial charge on any atom is -0.481 e. The molecule has 0 fully saturated rings. The molecule has 1 atom stereocenters. The Morgan fingerprint density at radius 1 is 1.46 bits per heavy atom. The van der Waals surface area contributed by atoms with Crippen molar-refractivity contribution in [2.45, 2.75) is 6.42 Å². The molecule has 1 rings (SSSR count). The highest BCUT2D eigenvalue weighted by molar-refractivity contribution is 5.82. The second-order valence-electron chi connectivity index (χ2n) is 2.61. The van der Waals surface area contributed by atoms with Crippen LogP contribution in [-0.2, 0) is 14.4 Å². The van der Waals surface area contributed by atoms with Crippen molar-refractivity contribution in [1.29, 1.82) is 0 Å². The summed E-state index contributed by atoms with van der Waals surface area (Å²) in [6, 6.07) is 0. The molecule has 0 radical (unpaired) electrons. The van der Waals surface area contributed by atoms with Crippen LogP contribution < -0.4 is 0 Å². The third-order valence-corrected chi connectivity index (χ3v) is 1.77. The van der Waals surface area contributed by atoms with Crippen LogP contribution in [0.5, 0.6) is 0 Å². The maximum Gasteiger partial charge on any atom is 0.315 e. The van der Waals surface area contributed by atoms with Crippen LogP contribution in [0, 0.1) is 5.92 Å². The van der Waals surface area contributed by atoms with Crippen molar-refractivity contribution in [3.05, 3.63) is 23.3 Å². The van der Waals surface area contributed by atoms with Crippen molar-refractivity contribution in [3.63, 3.8) is 0 Å². The SMILES string of the molecule is O=C=C1C=CC(C(=O)O)C(=C=O)C1. The molecule has 1 N–H and O–H groups in total. The van der Waals surface area contributed by atoms with Gasteiger partial charge in [-0.2, -0.15) is 0 Å². The molecule has 0 amide bonds. The minimum absolute atomic E-state index is 0.0282. The Labute approximate surface area is 73.9 Å². The predicted octanol–water partition coefficient (Wildman–Crippen LogP) is 0.163. The zero-order valence-electron chi connectivity index (χ0n) is 6.61. The lowest BCUT2D eigenvalue weighted by molar-refractivity contribution is -0.138. The molecule has 0 saturated heterocycles. The molecule has 4 heteroatoms. The van der Waals surface area contributed by atoms with Crippen molar-refractivity contribution < 1.29 is 19.5 Å². The smallest absolute Gasteiger partial charge is 0.315 e. The highest BCUT2D eigenvalue weighted by atomic mass is 16.4. The Morgan fingerprint density at radius 3 is 2.62 bits per heavy atom. The molecule has 0 bridgehead atoms. The number of aliphatic carboxylic acids is 1. The fourth-order valence-electron chi connectivity index (χ4n) is 1.10. The van der Waals surface area contributed by atoms with E-state index < -0.39 is 11.9 Å². The number of carboxylic acids is 1. The summed E-state index contributed by atoms with van der Waals surface area (Å²) in [5, 5.41) is 8.64. The molecule has 0 saturated carbocycles. The first-order valence-electron chi connectivity index (χ1n) is 3.58. The Morgan fingerprint density at radius 2 is 2.15 bits per heavy atom. The normalized spacial score (nSPS) is 20.8. The second kappa shape index (κ2) is 3.68. The van der Waals surface area contributed by atoms with Crippen molar-refractivity contribution >= 4 is 17.9 Å². The minimum atomic E-state index is -1.11. The number of carboxylic acid groups (broad SMARTS) is 1. The molecule has 4 nitrogen and oxygen atoms in total. The van der Waals surface area contributed by atoms with Gasteiger partial charge in [-0.1, -0.05) is 12.2 Å². The van der Waals surface area contributed by atoms with Gasteiger partial charge >= 0.3 is 5.97 Å². The van der Waals surface area contributed by atoms with Gasteiger partial charge in [-0.05, 0) is 0 Å². The average molecular weight is 178 g/mol. The quantitative estimate of drug-likeness (QED) is 0.580. The third kappa shape index (κ3) is 1.82. The maximum absolute atomic E-state index is 10.6. The topological polar surface area (TPSA) is 71.4 Å².